The van der Waals surface area contributed by atoms with Crippen molar-refractivity contribution in [1.82, 2.24) is 4.98 Å². The smallest absolute Gasteiger partial charge is 0.0891 e. The predicted octanol–water partition coefficient (Wildman–Crippen LogP) is 5.71. The summed E-state index contributed by atoms with van der Waals surface area (Å²) in [4.78, 5) is 5.05. The van der Waals surface area contributed by atoms with Crippen LogP contribution in [-0.4, -0.2) is 16.2 Å². The van der Waals surface area contributed by atoms with Crippen LogP contribution < -0.4 is 5.73 Å². The molecule has 2 heterocycles. The molecule has 3 rings (SSSR count). The molecule has 1 aromatic heterocycles. The Hall–Kier alpha value is -1.35. The summed E-state index contributed by atoms with van der Waals surface area (Å²) in [6.45, 7) is 13.4. The lowest BCUT2D eigenvalue weighted by Crippen LogP contribution is -2.44. The SMILES string of the molecule is CC1(C)CC=C(c2nc(C3CC(C)(C)OC(C)(C)C3)ccc2N)CC1. The highest BCUT2D eigenvalue weighted by atomic mass is 16.5. The first kappa shape index (κ1) is 18.4. The summed E-state index contributed by atoms with van der Waals surface area (Å²) in [5, 5.41) is 0. The number of hydrogen-bond acceptors (Lipinski definition) is 3. The fourth-order valence-electron chi connectivity index (χ4n) is 4.56. The minimum absolute atomic E-state index is 0.121. The fraction of sp³-hybridized carbons (Fsp3) is 0.682. The molecule has 2 N–H and O–H groups in total. The van der Waals surface area contributed by atoms with Gasteiger partial charge in [0.05, 0.1) is 22.6 Å². The summed E-state index contributed by atoms with van der Waals surface area (Å²) in [6.07, 6.45) is 7.71. The lowest BCUT2D eigenvalue weighted by Gasteiger charge is -2.45. The Morgan fingerprint density at radius 3 is 2.24 bits per heavy atom. The standard InChI is InChI=1S/C22H34N2O/c1-20(2)11-9-15(10-12-20)19-17(23)7-8-18(24-19)16-13-21(3,4)25-22(5,6)14-16/h7-9,16H,10-14,23H2,1-6H3. The van der Waals surface area contributed by atoms with Crippen molar-refractivity contribution in [3.8, 4) is 0 Å². The van der Waals surface area contributed by atoms with E-state index in [1.807, 2.05) is 6.07 Å². The first-order chi connectivity index (χ1) is 11.5. The van der Waals surface area contributed by atoms with E-state index in [1.165, 1.54) is 17.7 Å². The Bertz CT molecular complexity index is 669. The maximum absolute atomic E-state index is 6.30. The van der Waals surface area contributed by atoms with Gasteiger partial charge in [-0.25, -0.2) is 0 Å². The third-order valence-electron chi connectivity index (χ3n) is 5.67. The molecule has 0 radical (unpaired) electrons. The van der Waals surface area contributed by atoms with Gasteiger partial charge in [-0.05, 0) is 82.9 Å². The highest BCUT2D eigenvalue weighted by molar-refractivity contribution is 5.72. The molecule has 138 valence electrons. The van der Waals surface area contributed by atoms with Crippen LogP contribution in [0.25, 0.3) is 5.57 Å². The number of rotatable bonds is 2. The normalized spacial score (nSPS) is 25.4. The maximum Gasteiger partial charge on any atom is 0.0891 e. The van der Waals surface area contributed by atoms with Crippen molar-refractivity contribution in [3.05, 3.63) is 29.6 Å². The van der Waals surface area contributed by atoms with Gasteiger partial charge < -0.3 is 10.5 Å². The zero-order valence-electron chi connectivity index (χ0n) is 16.8. The molecule has 0 atom stereocenters. The third-order valence-corrected chi connectivity index (χ3v) is 5.67. The Kier molecular flexibility index (Phi) is 4.51. The highest BCUT2D eigenvalue weighted by Crippen LogP contribution is 2.44. The van der Waals surface area contributed by atoms with Crippen LogP contribution in [0, 0.1) is 5.41 Å². The quantitative estimate of drug-likeness (QED) is 0.749. The molecule has 0 spiro atoms. The summed E-state index contributed by atoms with van der Waals surface area (Å²) < 4.78 is 6.24. The summed E-state index contributed by atoms with van der Waals surface area (Å²) in [7, 11) is 0. The first-order valence-corrected chi connectivity index (χ1v) is 9.62. The molecule has 1 fully saturated rings. The predicted molar refractivity (Wildman–Crippen MR) is 105 cm³/mol. The molecule has 0 aromatic carbocycles. The molecule has 3 heteroatoms. The largest absolute Gasteiger partial charge is 0.397 e. The molecule has 1 aromatic rings. The monoisotopic (exact) mass is 342 g/mol. The van der Waals surface area contributed by atoms with Crippen LogP contribution in [0.4, 0.5) is 5.69 Å². The Morgan fingerprint density at radius 1 is 1.04 bits per heavy atom. The van der Waals surface area contributed by atoms with E-state index in [9.17, 15) is 0 Å². The van der Waals surface area contributed by atoms with Gasteiger partial charge in [-0.2, -0.15) is 0 Å². The Labute approximate surface area is 153 Å². The van der Waals surface area contributed by atoms with Gasteiger partial charge in [0.25, 0.3) is 0 Å². The zero-order valence-corrected chi connectivity index (χ0v) is 16.8. The van der Waals surface area contributed by atoms with Crippen LogP contribution in [0.2, 0.25) is 0 Å². The lowest BCUT2D eigenvalue weighted by molar-refractivity contribution is -0.162. The number of aromatic nitrogens is 1. The van der Waals surface area contributed by atoms with Crippen molar-refractivity contribution in [2.24, 2.45) is 5.41 Å². The average Bonchev–Trinajstić information content (AvgIpc) is 2.45. The van der Waals surface area contributed by atoms with Crippen LogP contribution in [0.15, 0.2) is 18.2 Å². The minimum atomic E-state index is -0.121. The molecule has 0 unspecified atom stereocenters. The number of pyridine rings is 1. The molecule has 0 bridgehead atoms. The van der Waals surface area contributed by atoms with Crippen LogP contribution in [0.5, 0.6) is 0 Å². The molecule has 25 heavy (non-hydrogen) atoms. The van der Waals surface area contributed by atoms with E-state index >= 15 is 0 Å². The molecular weight excluding hydrogens is 308 g/mol. The second-order valence-corrected chi connectivity index (χ2v) is 10.00. The molecule has 1 aliphatic carbocycles. The van der Waals surface area contributed by atoms with Crippen molar-refractivity contribution in [1.29, 1.82) is 0 Å². The molecule has 1 aliphatic heterocycles. The van der Waals surface area contributed by atoms with Gasteiger partial charge in [0.15, 0.2) is 0 Å². The number of nitrogens with two attached hydrogens (primary N) is 1. The van der Waals surface area contributed by atoms with E-state index in [-0.39, 0.29) is 11.2 Å². The topological polar surface area (TPSA) is 48.1 Å². The van der Waals surface area contributed by atoms with E-state index in [2.05, 4.69) is 53.7 Å². The number of nitrogen functional groups attached to an aromatic ring is 1. The average molecular weight is 343 g/mol. The Balaban J connectivity index is 1.91. The summed E-state index contributed by atoms with van der Waals surface area (Å²) in [6, 6.07) is 4.17. The molecule has 1 saturated heterocycles. The first-order valence-electron chi connectivity index (χ1n) is 9.62. The van der Waals surface area contributed by atoms with Crippen LogP contribution >= 0.6 is 0 Å². The second-order valence-electron chi connectivity index (χ2n) is 10.00. The molecule has 0 amide bonds. The van der Waals surface area contributed by atoms with Gasteiger partial charge in [0.1, 0.15) is 0 Å². The molecular formula is C22H34N2O. The number of ether oxygens (including phenoxy) is 1. The van der Waals surface area contributed by atoms with Crippen molar-refractivity contribution >= 4 is 11.3 Å². The summed E-state index contributed by atoms with van der Waals surface area (Å²) >= 11 is 0. The lowest BCUT2D eigenvalue weighted by atomic mass is 9.77. The molecule has 2 aliphatic rings. The van der Waals surface area contributed by atoms with Crippen LogP contribution in [-0.2, 0) is 4.74 Å². The van der Waals surface area contributed by atoms with E-state index in [4.69, 9.17) is 15.5 Å². The summed E-state index contributed by atoms with van der Waals surface area (Å²) in [5.74, 6) is 0.415. The zero-order chi connectivity index (χ0) is 18.5. The maximum atomic E-state index is 6.30. The van der Waals surface area contributed by atoms with Crippen LogP contribution in [0.1, 0.15) is 91.0 Å². The number of hydrogen-bond donors (Lipinski definition) is 1. The van der Waals surface area contributed by atoms with Crippen molar-refractivity contribution in [2.45, 2.75) is 90.8 Å². The van der Waals surface area contributed by atoms with Gasteiger partial charge in [-0.3, -0.25) is 4.98 Å². The van der Waals surface area contributed by atoms with E-state index in [0.717, 1.165) is 37.1 Å². The Morgan fingerprint density at radius 2 is 1.68 bits per heavy atom. The third kappa shape index (κ3) is 4.25. The molecule has 0 saturated carbocycles. The minimum Gasteiger partial charge on any atom is -0.397 e. The second kappa shape index (κ2) is 6.12. The van der Waals surface area contributed by atoms with Crippen molar-refractivity contribution < 1.29 is 4.74 Å². The van der Waals surface area contributed by atoms with Gasteiger partial charge in [0.2, 0.25) is 0 Å². The van der Waals surface area contributed by atoms with Crippen molar-refractivity contribution in [3.63, 3.8) is 0 Å². The number of allylic oxidation sites excluding steroid dienone is 2. The van der Waals surface area contributed by atoms with Crippen LogP contribution in [0.3, 0.4) is 0 Å². The van der Waals surface area contributed by atoms with Gasteiger partial charge in [-0.1, -0.05) is 19.9 Å². The van der Waals surface area contributed by atoms with E-state index < -0.39 is 0 Å². The van der Waals surface area contributed by atoms with Gasteiger partial charge in [-0.15, -0.1) is 0 Å². The van der Waals surface area contributed by atoms with E-state index in [0.29, 0.717) is 11.3 Å². The molecule has 3 nitrogen and oxygen atoms in total. The fourth-order valence-corrected chi connectivity index (χ4v) is 4.56. The van der Waals surface area contributed by atoms with Gasteiger partial charge in [0, 0.05) is 11.6 Å². The van der Waals surface area contributed by atoms with Crippen molar-refractivity contribution in [2.75, 3.05) is 5.73 Å². The van der Waals surface area contributed by atoms with Gasteiger partial charge >= 0.3 is 0 Å². The highest BCUT2D eigenvalue weighted by Gasteiger charge is 2.40. The summed E-state index contributed by atoms with van der Waals surface area (Å²) in [5.41, 5.74) is 10.8. The number of anilines is 1. The number of nitrogens with zero attached hydrogens (tertiary/aromatic N) is 1. The van der Waals surface area contributed by atoms with E-state index in [1.54, 1.807) is 0 Å².